The molecular weight excluding hydrogens is 758 g/mol. The van der Waals surface area contributed by atoms with Crippen molar-refractivity contribution in [3.8, 4) is 0 Å². The van der Waals surface area contributed by atoms with Gasteiger partial charge in [0.2, 0.25) is 5.60 Å². The van der Waals surface area contributed by atoms with E-state index in [1.54, 1.807) is 7.11 Å². The highest BCUT2D eigenvalue weighted by molar-refractivity contribution is 5.96. The molecule has 8 fully saturated rings. The molecule has 0 N–H and O–H groups in total. The highest BCUT2D eigenvalue weighted by atomic mass is 19.4. The van der Waals surface area contributed by atoms with Crippen molar-refractivity contribution in [1.82, 2.24) is 0 Å². The molecule has 0 radical (unpaired) electrons. The number of ether oxygens (including phenoxy) is 5. The predicted octanol–water partition coefficient (Wildman–Crippen LogP) is 9.26. The Morgan fingerprint density at radius 1 is 0.818 bits per heavy atom. The van der Waals surface area contributed by atoms with Crippen molar-refractivity contribution in [2.45, 2.75) is 140 Å². The second-order valence-corrected chi connectivity index (χ2v) is 18.7. The average Bonchev–Trinajstić information content (AvgIpc) is 3.71. The van der Waals surface area contributed by atoms with Crippen molar-refractivity contribution in [2.24, 2.45) is 64.1 Å². The highest BCUT2D eigenvalue weighted by Gasteiger charge is 2.89. The zero-order chi connectivity index (χ0) is 40.4. The standard InChI is InChI=1S/C38H50F10O7/c1-19-23-10-22(11-25(23)34(35(39,40)37(43,44)45,36(41,42)38(46,47)48)55-26-7-5-6-8-52-26)27(19)28-24(29(49)54-30(28)50)16-31(2,3)32-12-20-9-21(13-32)15-33(14-20,17-32)53-18-51-4/h19-28H,5-18H2,1-4H3. The van der Waals surface area contributed by atoms with E-state index >= 15 is 17.6 Å². The quantitative estimate of drug-likeness (QED) is 0.0842. The van der Waals surface area contributed by atoms with Crippen LogP contribution in [0.4, 0.5) is 43.9 Å². The third-order valence-corrected chi connectivity index (χ3v) is 15.4. The fourth-order valence-corrected chi connectivity index (χ4v) is 13.4. The first kappa shape index (κ1) is 41.4. The smallest absolute Gasteiger partial charge is 0.393 e. The second-order valence-electron chi connectivity index (χ2n) is 18.7. The van der Waals surface area contributed by atoms with Gasteiger partial charge >= 0.3 is 36.1 Å². The lowest BCUT2D eigenvalue weighted by molar-refractivity contribution is -0.464. The van der Waals surface area contributed by atoms with Crippen LogP contribution in [0, 0.1) is 64.1 Å². The number of alkyl halides is 10. The van der Waals surface area contributed by atoms with E-state index in [0.29, 0.717) is 18.3 Å². The van der Waals surface area contributed by atoms with E-state index in [1.807, 2.05) is 13.8 Å². The Kier molecular flexibility index (Phi) is 10.1. The Bertz CT molecular complexity index is 1450. The molecule has 7 nitrogen and oxygen atoms in total. The van der Waals surface area contributed by atoms with E-state index in [1.165, 1.54) is 6.92 Å². The molecule has 0 aromatic heterocycles. The predicted molar refractivity (Wildman–Crippen MR) is 171 cm³/mol. The summed E-state index contributed by atoms with van der Waals surface area (Å²) < 4.78 is 176. The Hall–Kier alpha value is -1.72. The summed E-state index contributed by atoms with van der Waals surface area (Å²) in [5.41, 5.74) is -6.72. The summed E-state index contributed by atoms with van der Waals surface area (Å²) in [5.74, 6) is -24.0. The van der Waals surface area contributed by atoms with E-state index in [0.717, 1.165) is 32.1 Å². The number of rotatable bonds is 12. The molecule has 6 bridgehead atoms. The van der Waals surface area contributed by atoms with Crippen LogP contribution in [0.25, 0.3) is 0 Å². The third-order valence-electron chi connectivity index (χ3n) is 15.4. The van der Waals surface area contributed by atoms with Gasteiger partial charge in [0, 0.05) is 19.6 Å². The van der Waals surface area contributed by atoms with E-state index < -0.39 is 113 Å². The van der Waals surface area contributed by atoms with Gasteiger partial charge in [0.15, 0.2) is 6.29 Å². The first-order valence-corrected chi connectivity index (χ1v) is 19.4. The lowest BCUT2D eigenvalue weighted by atomic mass is 9.41. The van der Waals surface area contributed by atoms with Gasteiger partial charge in [-0.3, -0.25) is 9.59 Å². The first-order valence-electron chi connectivity index (χ1n) is 19.4. The van der Waals surface area contributed by atoms with Crippen LogP contribution in [0.15, 0.2) is 0 Å². The van der Waals surface area contributed by atoms with Crippen molar-refractivity contribution >= 4 is 11.9 Å². The molecule has 2 saturated heterocycles. The minimum Gasteiger partial charge on any atom is -0.393 e. The maximum atomic E-state index is 15.9. The summed E-state index contributed by atoms with van der Waals surface area (Å²) in [4.78, 5) is 27.1. The maximum Gasteiger partial charge on any atom is 0.456 e. The zero-order valence-corrected chi connectivity index (χ0v) is 31.3. The molecule has 17 heteroatoms. The van der Waals surface area contributed by atoms with Crippen molar-refractivity contribution in [3.63, 3.8) is 0 Å². The SMILES string of the molecule is COCOC12CC3CC(C1)CC(C(C)(C)CC1C(=O)OC(=O)C1C1C4CC(C1C)C(C(OC1CCCCO1)(C(F)(F)C(F)(F)F)C(F)(F)C(F)(F)F)C4)(C3)C2. The summed E-state index contributed by atoms with van der Waals surface area (Å²) in [7, 11) is 1.55. The average molecular weight is 809 g/mol. The minimum atomic E-state index is -6.87. The first-order chi connectivity index (χ1) is 25.4. The van der Waals surface area contributed by atoms with Crippen molar-refractivity contribution in [1.29, 1.82) is 0 Å². The van der Waals surface area contributed by atoms with Gasteiger partial charge in [0.1, 0.15) is 6.79 Å². The van der Waals surface area contributed by atoms with Crippen LogP contribution in [0.5, 0.6) is 0 Å². The van der Waals surface area contributed by atoms with Gasteiger partial charge in [-0.2, -0.15) is 43.9 Å². The zero-order valence-electron chi connectivity index (χ0n) is 31.3. The van der Waals surface area contributed by atoms with Crippen LogP contribution in [0.2, 0.25) is 0 Å². The van der Waals surface area contributed by atoms with E-state index in [-0.39, 0.29) is 44.5 Å². The number of hydrogen-bond donors (Lipinski definition) is 0. The molecule has 8 aliphatic rings. The summed E-state index contributed by atoms with van der Waals surface area (Å²) in [6.45, 7) is 5.22. The molecule has 6 aliphatic carbocycles. The van der Waals surface area contributed by atoms with Gasteiger partial charge < -0.3 is 23.7 Å². The Morgan fingerprint density at radius 3 is 1.96 bits per heavy atom. The van der Waals surface area contributed by atoms with Gasteiger partial charge in [-0.15, -0.1) is 0 Å². The lowest BCUT2D eigenvalue weighted by Gasteiger charge is -2.66. The van der Waals surface area contributed by atoms with Crippen molar-refractivity contribution in [3.05, 3.63) is 0 Å². The van der Waals surface area contributed by atoms with Gasteiger partial charge in [-0.05, 0) is 123 Å². The lowest BCUT2D eigenvalue weighted by Crippen LogP contribution is -2.76. The molecule has 8 rings (SSSR count). The fraction of sp³-hybridized carbons (Fsp3) is 0.947. The molecule has 0 aromatic rings. The number of esters is 2. The summed E-state index contributed by atoms with van der Waals surface area (Å²) >= 11 is 0. The number of cyclic esters (lactones) is 2. The molecule has 10 unspecified atom stereocenters. The normalized spacial score (nSPS) is 41.1. The van der Waals surface area contributed by atoms with E-state index in [2.05, 4.69) is 0 Å². The largest absolute Gasteiger partial charge is 0.456 e. The molecule has 6 saturated carbocycles. The Morgan fingerprint density at radius 2 is 1.44 bits per heavy atom. The highest BCUT2D eigenvalue weighted by Crippen LogP contribution is 2.72. The third kappa shape index (κ3) is 6.18. The summed E-state index contributed by atoms with van der Waals surface area (Å²) in [5, 5.41) is 0. The molecule has 0 spiro atoms. The van der Waals surface area contributed by atoms with Crippen LogP contribution >= 0.6 is 0 Å². The maximum absolute atomic E-state index is 15.9. The van der Waals surface area contributed by atoms with E-state index in [4.69, 9.17) is 23.7 Å². The number of halogens is 10. The van der Waals surface area contributed by atoms with Gasteiger partial charge in [0.25, 0.3) is 0 Å². The monoisotopic (exact) mass is 808 g/mol. The summed E-state index contributed by atoms with van der Waals surface area (Å²) in [6.07, 6.45) is -11.9. The molecule has 314 valence electrons. The van der Waals surface area contributed by atoms with Crippen molar-refractivity contribution < 1.29 is 77.2 Å². The Labute approximate surface area is 313 Å². The van der Waals surface area contributed by atoms with Gasteiger partial charge in [-0.1, -0.05) is 20.8 Å². The number of carbonyl (C=O) groups excluding carboxylic acids is 2. The van der Waals surface area contributed by atoms with Crippen molar-refractivity contribution in [2.75, 3.05) is 20.5 Å². The second kappa shape index (κ2) is 13.4. The molecule has 55 heavy (non-hydrogen) atoms. The molecule has 0 amide bonds. The number of carbonyl (C=O) groups is 2. The molecule has 2 heterocycles. The van der Waals surface area contributed by atoms with Crippen LogP contribution < -0.4 is 0 Å². The minimum absolute atomic E-state index is 0.0739. The molecular formula is C38H50F10O7. The number of fused-ring (bicyclic) bond motifs is 2. The Balaban J connectivity index is 1.21. The summed E-state index contributed by atoms with van der Waals surface area (Å²) in [6, 6.07) is 0. The van der Waals surface area contributed by atoms with Crippen LogP contribution in [-0.4, -0.2) is 74.1 Å². The van der Waals surface area contributed by atoms with E-state index in [9.17, 15) is 35.9 Å². The van der Waals surface area contributed by atoms with Gasteiger partial charge in [-0.25, -0.2) is 0 Å². The molecule has 10 atom stereocenters. The number of methoxy groups -OCH3 is 1. The van der Waals surface area contributed by atoms with Crippen LogP contribution in [0.1, 0.15) is 97.8 Å². The van der Waals surface area contributed by atoms with Crippen LogP contribution in [-0.2, 0) is 33.3 Å². The molecule has 0 aromatic carbocycles. The van der Waals surface area contributed by atoms with Crippen LogP contribution in [0.3, 0.4) is 0 Å². The van der Waals surface area contributed by atoms with Gasteiger partial charge in [0.05, 0.1) is 17.4 Å². The topological polar surface area (TPSA) is 80.3 Å². The fourth-order valence-electron chi connectivity index (χ4n) is 13.4. The number of hydrogen-bond acceptors (Lipinski definition) is 7. The molecule has 2 aliphatic heterocycles.